The third kappa shape index (κ3) is 4.14. The summed E-state index contributed by atoms with van der Waals surface area (Å²) in [6, 6.07) is 16.8. The van der Waals surface area contributed by atoms with Crippen LogP contribution in [0.2, 0.25) is 0 Å². The topological polar surface area (TPSA) is 64.4 Å². The summed E-state index contributed by atoms with van der Waals surface area (Å²) < 4.78 is 11.5. The van der Waals surface area contributed by atoms with Gasteiger partial charge in [0.1, 0.15) is 23.2 Å². The fourth-order valence-electron chi connectivity index (χ4n) is 5.72. The lowest BCUT2D eigenvalue weighted by molar-refractivity contribution is 0.140. The second kappa shape index (κ2) is 8.97. The van der Waals surface area contributed by atoms with Crippen molar-refractivity contribution < 1.29 is 9.15 Å². The van der Waals surface area contributed by atoms with Crippen LogP contribution in [0.1, 0.15) is 43.1 Å². The molecule has 4 aromatic rings. The maximum atomic E-state index is 12.2. The molecular weight excluding hydrogens is 436 g/mol. The Kier molecular flexibility index (Phi) is 5.65. The molecule has 6 rings (SSSR count). The van der Waals surface area contributed by atoms with Gasteiger partial charge in [-0.1, -0.05) is 43.3 Å². The average Bonchev–Trinajstić information content (AvgIpc) is 2.87. The Morgan fingerprint density at radius 2 is 2.03 bits per heavy atom. The van der Waals surface area contributed by atoms with E-state index in [4.69, 9.17) is 9.15 Å². The number of aryl methyl sites for hydroxylation is 1. The Hall–Kier alpha value is -3.44. The summed E-state index contributed by atoms with van der Waals surface area (Å²) >= 11 is 0. The fraction of sp³-hybridized carbons (Fsp3) is 0.333. The van der Waals surface area contributed by atoms with Gasteiger partial charge in [-0.3, -0.25) is 4.98 Å². The van der Waals surface area contributed by atoms with E-state index in [1.54, 1.807) is 6.92 Å². The minimum Gasteiger partial charge on any atom is -0.485 e. The Labute approximate surface area is 204 Å². The van der Waals surface area contributed by atoms with Crippen molar-refractivity contribution in [3.8, 4) is 5.75 Å². The molecular formula is C30H30N2O3. The average molecular weight is 467 g/mol. The Morgan fingerprint density at radius 1 is 1.14 bits per heavy atom. The van der Waals surface area contributed by atoms with E-state index >= 15 is 0 Å². The minimum absolute atomic E-state index is 0.0577. The standard InChI is InChI=1S/C30H30N2O3/c1-18(21-7-8-22-14-26-28(35-27(22)15-21)13-19(2)34-30(26)33)16-31-17-23-11-12-32-29-24-6-4-3-5-20(24)9-10-25(23)29/h3-6,9-14,18,21,27,31H,7-8,15-17H2,1-2H3/t18?,21-,27-/m0/s1. The summed E-state index contributed by atoms with van der Waals surface area (Å²) in [5.74, 6) is 2.35. The van der Waals surface area contributed by atoms with Gasteiger partial charge in [0, 0.05) is 29.6 Å². The van der Waals surface area contributed by atoms with Gasteiger partial charge in [0.15, 0.2) is 0 Å². The van der Waals surface area contributed by atoms with E-state index in [9.17, 15) is 4.79 Å². The molecule has 3 heterocycles. The van der Waals surface area contributed by atoms with Gasteiger partial charge < -0.3 is 14.5 Å². The highest BCUT2D eigenvalue weighted by Gasteiger charge is 2.33. The van der Waals surface area contributed by atoms with Crippen molar-refractivity contribution in [2.75, 3.05) is 6.54 Å². The maximum Gasteiger partial charge on any atom is 0.346 e. The van der Waals surface area contributed by atoms with Crippen molar-refractivity contribution in [1.29, 1.82) is 0 Å². The van der Waals surface area contributed by atoms with Crippen LogP contribution in [0.5, 0.6) is 5.75 Å². The molecule has 1 unspecified atom stereocenters. The Morgan fingerprint density at radius 3 is 2.94 bits per heavy atom. The molecule has 178 valence electrons. The van der Waals surface area contributed by atoms with Crippen LogP contribution in [0.25, 0.3) is 27.8 Å². The molecule has 0 saturated heterocycles. The molecule has 0 amide bonds. The van der Waals surface area contributed by atoms with E-state index in [-0.39, 0.29) is 11.7 Å². The van der Waals surface area contributed by atoms with E-state index < -0.39 is 0 Å². The third-order valence-electron chi connectivity index (χ3n) is 7.72. The number of hydrogen-bond acceptors (Lipinski definition) is 5. The quantitative estimate of drug-likeness (QED) is 0.364. The number of pyridine rings is 1. The predicted molar refractivity (Wildman–Crippen MR) is 140 cm³/mol. The van der Waals surface area contributed by atoms with Crippen LogP contribution in [0.3, 0.4) is 0 Å². The summed E-state index contributed by atoms with van der Waals surface area (Å²) in [6.07, 6.45) is 7.05. The molecule has 0 spiro atoms. The van der Waals surface area contributed by atoms with Gasteiger partial charge in [0.05, 0.1) is 5.52 Å². The smallest absolute Gasteiger partial charge is 0.346 e. The molecule has 5 heteroatoms. The highest BCUT2D eigenvalue weighted by Crippen LogP contribution is 2.40. The van der Waals surface area contributed by atoms with Crippen LogP contribution in [0.15, 0.2) is 69.5 Å². The summed E-state index contributed by atoms with van der Waals surface area (Å²) in [5.41, 5.74) is 3.83. The van der Waals surface area contributed by atoms with Crippen molar-refractivity contribution in [3.05, 3.63) is 87.6 Å². The minimum atomic E-state index is -0.303. The van der Waals surface area contributed by atoms with E-state index in [0.717, 1.165) is 37.9 Å². The molecule has 1 saturated carbocycles. The molecule has 2 aromatic heterocycles. The van der Waals surface area contributed by atoms with Gasteiger partial charge in [-0.25, -0.2) is 4.79 Å². The zero-order chi connectivity index (χ0) is 23.9. The lowest BCUT2D eigenvalue weighted by Gasteiger charge is -2.37. The van der Waals surface area contributed by atoms with Crippen molar-refractivity contribution >= 4 is 27.8 Å². The largest absolute Gasteiger partial charge is 0.485 e. The maximum absolute atomic E-state index is 12.2. The summed E-state index contributed by atoms with van der Waals surface area (Å²) in [4.78, 5) is 16.9. The zero-order valence-corrected chi connectivity index (χ0v) is 20.2. The number of benzene rings is 2. The number of fused-ring (bicyclic) bond motifs is 5. The predicted octanol–water partition coefficient (Wildman–Crippen LogP) is 6.02. The van der Waals surface area contributed by atoms with Gasteiger partial charge in [-0.15, -0.1) is 0 Å². The first kappa shape index (κ1) is 22.1. The van der Waals surface area contributed by atoms with Crippen LogP contribution in [-0.4, -0.2) is 17.6 Å². The van der Waals surface area contributed by atoms with Crippen molar-refractivity contribution in [2.45, 2.75) is 45.8 Å². The molecule has 1 fully saturated rings. The SMILES string of the molecule is Cc1cc2c(c(=O)o1)C=C1CC[C@H](C(C)CNCc3ccnc4c3ccc3ccccc34)C[C@@H]1O2. The van der Waals surface area contributed by atoms with Crippen molar-refractivity contribution in [3.63, 3.8) is 0 Å². The van der Waals surface area contributed by atoms with Gasteiger partial charge in [0.25, 0.3) is 0 Å². The number of rotatable bonds is 5. The molecule has 5 nitrogen and oxygen atoms in total. The fourth-order valence-corrected chi connectivity index (χ4v) is 5.72. The van der Waals surface area contributed by atoms with Crippen LogP contribution in [0, 0.1) is 18.8 Å². The second-order valence-electron chi connectivity index (χ2n) is 10.0. The monoisotopic (exact) mass is 466 g/mol. The van der Waals surface area contributed by atoms with Crippen molar-refractivity contribution in [1.82, 2.24) is 10.3 Å². The summed E-state index contributed by atoms with van der Waals surface area (Å²) in [6.45, 7) is 5.89. The molecule has 0 radical (unpaired) electrons. The van der Waals surface area contributed by atoms with Gasteiger partial charge in [-0.2, -0.15) is 0 Å². The molecule has 35 heavy (non-hydrogen) atoms. The van der Waals surface area contributed by atoms with Gasteiger partial charge in [0.2, 0.25) is 0 Å². The Bertz CT molecular complexity index is 1500. The number of nitrogens with one attached hydrogen (secondary N) is 1. The Balaban J connectivity index is 1.11. The molecule has 3 atom stereocenters. The van der Waals surface area contributed by atoms with E-state index in [1.165, 1.54) is 27.3 Å². The lowest BCUT2D eigenvalue weighted by Crippen LogP contribution is -2.36. The van der Waals surface area contributed by atoms with Crippen LogP contribution in [-0.2, 0) is 6.54 Å². The van der Waals surface area contributed by atoms with Crippen LogP contribution < -0.4 is 15.7 Å². The molecule has 1 aliphatic carbocycles. The number of ether oxygens (including phenoxy) is 1. The lowest BCUT2D eigenvalue weighted by atomic mass is 9.76. The molecule has 0 bridgehead atoms. The first-order valence-electron chi connectivity index (χ1n) is 12.5. The second-order valence-corrected chi connectivity index (χ2v) is 10.0. The molecule has 2 aromatic carbocycles. The first-order valence-corrected chi connectivity index (χ1v) is 12.5. The van der Waals surface area contributed by atoms with Crippen LogP contribution in [0.4, 0.5) is 0 Å². The summed E-state index contributed by atoms with van der Waals surface area (Å²) in [5, 5.41) is 7.35. The normalized spacial score (nSPS) is 20.1. The van der Waals surface area contributed by atoms with Gasteiger partial charge >= 0.3 is 5.63 Å². The van der Waals surface area contributed by atoms with E-state index in [1.807, 2.05) is 18.3 Å². The molecule has 2 aliphatic rings. The highest BCUT2D eigenvalue weighted by molar-refractivity contribution is 6.06. The highest BCUT2D eigenvalue weighted by atomic mass is 16.5. The van der Waals surface area contributed by atoms with E-state index in [2.05, 4.69) is 59.7 Å². The zero-order valence-electron chi connectivity index (χ0n) is 20.2. The number of nitrogens with zero attached hydrogens (tertiary/aromatic N) is 1. The van der Waals surface area contributed by atoms with Crippen molar-refractivity contribution in [2.24, 2.45) is 11.8 Å². The molecule has 1 N–H and O–H groups in total. The molecule has 1 aliphatic heterocycles. The van der Waals surface area contributed by atoms with E-state index in [0.29, 0.717) is 28.9 Å². The summed E-state index contributed by atoms with van der Waals surface area (Å²) in [7, 11) is 0. The number of hydrogen-bond donors (Lipinski definition) is 1. The first-order chi connectivity index (χ1) is 17.1. The number of aromatic nitrogens is 1. The third-order valence-corrected chi connectivity index (χ3v) is 7.72. The van der Waals surface area contributed by atoms with Crippen LogP contribution >= 0.6 is 0 Å². The van der Waals surface area contributed by atoms with Gasteiger partial charge in [-0.05, 0) is 73.2 Å².